The summed E-state index contributed by atoms with van der Waals surface area (Å²) in [4.78, 5) is 13.7. The van der Waals surface area contributed by atoms with Crippen molar-refractivity contribution in [3.63, 3.8) is 0 Å². The second-order valence-corrected chi connectivity index (χ2v) is 8.53. The van der Waals surface area contributed by atoms with Crippen molar-refractivity contribution in [3.8, 4) is 11.4 Å². The summed E-state index contributed by atoms with van der Waals surface area (Å²) in [7, 11) is 1.95. The smallest absolute Gasteiger partial charge is 0.234 e. The molecule has 0 radical (unpaired) electrons. The average molecular weight is 401 g/mol. The molecule has 0 saturated heterocycles. The summed E-state index contributed by atoms with van der Waals surface area (Å²) in [6, 6.07) is 5.99. The Morgan fingerprint density at radius 3 is 2.59 bits per heavy atom. The van der Waals surface area contributed by atoms with Gasteiger partial charge in [0, 0.05) is 28.6 Å². The second kappa shape index (κ2) is 8.27. The molecule has 3 aromatic rings. The van der Waals surface area contributed by atoms with Crippen LogP contribution in [0.1, 0.15) is 28.5 Å². The highest BCUT2D eigenvalue weighted by Crippen LogP contribution is 2.32. The first-order chi connectivity index (χ1) is 12.9. The number of aromatic nitrogens is 3. The summed E-state index contributed by atoms with van der Waals surface area (Å²) < 4.78 is 1.97. The maximum Gasteiger partial charge on any atom is 0.234 e. The van der Waals surface area contributed by atoms with Crippen LogP contribution in [0, 0.1) is 20.8 Å². The lowest BCUT2D eigenvalue weighted by molar-refractivity contribution is -0.113. The standard InChI is InChI=1S/C20H24N4OS2/c1-6-15-14(4)26-10-16(15)19-22-23-20(24(19)5)27-11-17(25)21-18-12(2)8-7-9-13(18)3/h7-10H,6,11H2,1-5H3,(H,21,25). The molecule has 0 atom stereocenters. The van der Waals surface area contributed by atoms with Crippen molar-refractivity contribution >= 4 is 34.7 Å². The van der Waals surface area contributed by atoms with Gasteiger partial charge in [-0.1, -0.05) is 36.9 Å². The minimum absolute atomic E-state index is 0.0393. The molecule has 1 N–H and O–H groups in total. The molecular formula is C20H24N4OS2. The molecule has 0 bridgehead atoms. The predicted molar refractivity (Wildman–Crippen MR) is 114 cm³/mol. The highest BCUT2D eigenvalue weighted by molar-refractivity contribution is 7.99. The van der Waals surface area contributed by atoms with Crippen LogP contribution in [-0.2, 0) is 18.3 Å². The Morgan fingerprint density at radius 2 is 1.93 bits per heavy atom. The maximum absolute atomic E-state index is 12.4. The van der Waals surface area contributed by atoms with Gasteiger partial charge in [0.1, 0.15) is 0 Å². The van der Waals surface area contributed by atoms with Crippen LogP contribution in [-0.4, -0.2) is 26.4 Å². The van der Waals surface area contributed by atoms with Gasteiger partial charge in [-0.15, -0.1) is 21.5 Å². The molecule has 0 aliphatic heterocycles. The molecule has 0 spiro atoms. The van der Waals surface area contributed by atoms with Crippen LogP contribution in [0.2, 0.25) is 0 Å². The van der Waals surface area contributed by atoms with E-state index in [2.05, 4.69) is 34.7 Å². The number of carbonyl (C=O) groups is 1. The van der Waals surface area contributed by atoms with E-state index in [4.69, 9.17) is 0 Å². The van der Waals surface area contributed by atoms with E-state index in [1.165, 1.54) is 22.2 Å². The molecule has 142 valence electrons. The summed E-state index contributed by atoms with van der Waals surface area (Å²) in [6.07, 6.45) is 0.970. The number of thiophene rings is 1. The minimum atomic E-state index is -0.0393. The molecule has 0 fully saturated rings. The topological polar surface area (TPSA) is 59.8 Å². The summed E-state index contributed by atoms with van der Waals surface area (Å²) in [5, 5.41) is 14.6. The molecule has 27 heavy (non-hydrogen) atoms. The van der Waals surface area contributed by atoms with Gasteiger partial charge in [-0.05, 0) is 43.9 Å². The van der Waals surface area contributed by atoms with Crippen molar-refractivity contribution < 1.29 is 4.79 Å². The van der Waals surface area contributed by atoms with Crippen LogP contribution in [0.5, 0.6) is 0 Å². The van der Waals surface area contributed by atoms with E-state index in [9.17, 15) is 4.79 Å². The van der Waals surface area contributed by atoms with Crippen LogP contribution in [0.4, 0.5) is 5.69 Å². The number of para-hydroxylation sites is 1. The lowest BCUT2D eigenvalue weighted by Crippen LogP contribution is -2.16. The fourth-order valence-electron chi connectivity index (χ4n) is 3.10. The molecule has 7 heteroatoms. The lowest BCUT2D eigenvalue weighted by atomic mass is 10.1. The van der Waals surface area contributed by atoms with E-state index >= 15 is 0 Å². The van der Waals surface area contributed by atoms with Crippen molar-refractivity contribution in [1.82, 2.24) is 14.8 Å². The number of nitrogens with zero attached hydrogens (tertiary/aromatic N) is 3. The van der Waals surface area contributed by atoms with Gasteiger partial charge in [0.2, 0.25) is 5.91 Å². The SMILES string of the molecule is CCc1c(-c2nnc(SCC(=O)Nc3c(C)cccc3C)n2C)csc1C. The number of hydrogen-bond acceptors (Lipinski definition) is 5. The number of anilines is 1. The van der Waals surface area contributed by atoms with Crippen LogP contribution in [0.15, 0.2) is 28.7 Å². The number of carbonyl (C=O) groups excluding carboxylic acids is 1. The second-order valence-electron chi connectivity index (χ2n) is 6.51. The van der Waals surface area contributed by atoms with Gasteiger partial charge in [-0.2, -0.15) is 0 Å². The van der Waals surface area contributed by atoms with Crippen molar-refractivity contribution in [2.45, 2.75) is 39.3 Å². The zero-order valence-electron chi connectivity index (χ0n) is 16.3. The molecule has 1 amide bonds. The monoisotopic (exact) mass is 400 g/mol. The molecule has 3 rings (SSSR count). The fourth-order valence-corrected chi connectivity index (χ4v) is 4.75. The molecule has 2 heterocycles. The first kappa shape index (κ1) is 19.6. The molecular weight excluding hydrogens is 376 g/mol. The van der Waals surface area contributed by atoms with Gasteiger partial charge >= 0.3 is 0 Å². The third kappa shape index (κ3) is 4.09. The molecule has 0 aliphatic carbocycles. The van der Waals surface area contributed by atoms with Gasteiger partial charge in [-0.3, -0.25) is 4.79 Å². The minimum Gasteiger partial charge on any atom is -0.325 e. The van der Waals surface area contributed by atoms with E-state index in [-0.39, 0.29) is 5.91 Å². The first-order valence-electron chi connectivity index (χ1n) is 8.88. The Balaban J connectivity index is 1.70. The number of amides is 1. The Bertz CT molecular complexity index is 954. The maximum atomic E-state index is 12.4. The Labute approximate surface area is 168 Å². The summed E-state index contributed by atoms with van der Waals surface area (Å²) in [6.45, 7) is 8.29. The molecule has 0 aliphatic rings. The fraction of sp³-hybridized carbons (Fsp3) is 0.350. The Hall–Kier alpha value is -2.12. The predicted octanol–water partition coefficient (Wildman–Crippen LogP) is 4.76. The molecule has 0 saturated carbocycles. The van der Waals surface area contributed by atoms with Crippen molar-refractivity contribution in [2.75, 3.05) is 11.1 Å². The highest BCUT2D eigenvalue weighted by atomic mass is 32.2. The largest absolute Gasteiger partial charge is 0.325 e. The zero-order chi connectivity index (χ0) is 19.6. The molecule has 1 aromatic carbocycles. The van der Waals surface area contributed by atoms with Gasteiger partial charge in [0.05, 0.1) is 5.75 Å². The zero-order valence-corrected chi connectivity index (χ0v) is 17.9. The van der Waals surface area contributed by atoms with Crippen molar-refractivity contribution in [1.29, 1.82) is 0 Å². The van der Waals surface area contributed by atoms with Crippen LogP contribution in [0.3, 0.4) is 0 Å². The van der Waals surface area contributed by atoms with E-state index in [1.54, 1.807) is 11.3 Å². The van der Waals surface area contributed by atoms with Gasteiger partial charge in [0.25, 0.3) is 0 Å². The van der Waals surface area contributed by atoms with Crippen LogP contribution < -0.4 is 5.32 Å². The molecule has 0 unspecified atom stereocenters. The number of benzene rings is 1. The van der Waals surface area contributed by atoms with Crippen molar-refractivity contribution in [2.24, 2.45) is 7.05 Å². The number of thioether (sulfide) groups is 1. The quantitative estimate of drug-likeness (QED) is 0.606. The molecule has 5 nitrogen and oxygen atoms in total. The van der Waals surface area contributed by atoms with E-state index < -0.39 is 0 Å². The Morgan fingerprint density at radius 1 is 1.22 bits per heavy atom. The van der Waals surface area contributed by atoms with Gasteiger partial charge in [-0.25, -0.2) is 0 Å². The van der Waals surface area contributed by atoms with Gasteiger partial charge < -0.3 is 9.88 Å². The van der Waals surface area contributed by atoms with Crippen LogP contribution in [0.25, 0.3) is 11.4 Å². The van der Waals surface area contributed by atoms with Crippen LogP contribution >= 0.6 is 23.1 Å². The number of aryl methyl sites for hydroxylation is 3. The number of hydrogen-bond donors (Lipinski definition) is 1. The third-order valence-corrected chi connectivity index (χ3v) is 6.58. The summed E-state index contributed by atoms with van der Waals surface area (Å²) >= 11 is 3.14. The average Bonchev–Trinajstić information content (AvgIpc) is 3.18. The summed E-state index contributed by atoms with van der Waals surface area (Å²) in [5.74, 6) is 1.11. The third-order valence-electron chi connectivity index (χ3n) is 4.61. The summed E-state index contributed by atoms with van der Waals surface area (Å²) in [5.41, 5.74) is 5.48. The highest BCUT2D eigenvalue weighted by Gasteiger charge is 2.17. The van der Waals surface area contributed by atoms with E-state index in [0.29, 0.717) is 5.75 Å². The van der Waals surface area contributed by atoms with Gasteiger partial charge in [0.15, 0.2) is 11.0 Å². The molecule has 2 aromatic heterocycles. The first-order valence-corrected chi connectivity index (χ1v) is 10.7. The lowest BCUT2D eigenvalue weighted by Gasteiger charge is -2.11. The Kier molecular flexibility index (Phi) is 6.01. The van der Waals surface area contributed by atoms with Crippen molar-refractivity contribution in [3.05, 3.63) is 45.1 Å². The van der Waals surface area contributed by atoms with E-state index in [0.717, 1.165) is 39.8 Å². The number of rotatable bonds is 6. The van der Waals surface area contributed by atoms with E-state index in [1.807, 2.05) is 43.7 Å². The number of nitrogens with one attached hydrogen (secondary N) is 1. The normalized spacial score (nSPS) is 11.0.